The van der Waals surface area contributed by atoms with E-state index in [2.05, 4.69) is 5.32 Å². The third kappa shape index (κ3) is 5.99. The number of halogens is 1. The minimum atomic E-state index is 0.335. The SMILES string of the molecule is Oc1cccc(CNCCCCCCCl)c1. The highest BCUT2D eigenvalue weighted by Crippen LogP contribution is 2.10. The van der Waals surface area contributed by atoms with E-state index < -0.39 is 0 Å². The second-order valence-corrected chi connectivity index (χ2v) is 4.33. The van der Waals surface area contributed by atoms with Crippen molar-refractivity contribution in [3.05, 3.63) is 29.8 Å². The summed E-state index contributed by atoms with van der Waals surface area (Å²) >= 11 is 5.60. The van der Waals surface area contributed by atoms with Gasteiger partial charge in [0.1, 0.15) is 5.75 Å². The number of hydrogen-bond acceptors (Lipinski definition) is 2. The molecule has 0 aromatic heterocycles. The number of phenolic OH excluding ortho intramolecular Hbond substituents is 1. The number of phenols is 1. The molecule has 0 fully saturated rings. The fraction of sp³-hybridized carbons (Fsp3) is 0.538. The zero-order valence-electron chi connectivity index (χ0n) is 9.58. The maximum Gasteiger partial charge on any atom is 0.115 e. The van der Waals surface area contributed by atoms with E-state index in [1.807, 2.05) is 12.1 Å². The van der Waals surface area contributed by atoms with E-state index in [1.165, 1.54) is 19.3 Å². The van der Waals surface area contributed by atoms with E-state index in [-0.39, 0.29) is 0 Å². The van der Waals surface area contributed by atoms with Gasteiger partial charge >= 0.3 is 0 Å². The average molecular weight is 242 g/mol. The molecule has 0 atom stereocenters. The van der Waals surface area contributed by atoms with Gasteiger partial charge in [-0.05, 0) is 37.1 Å². The Balaban J connectivity index is 2.03. The molecule has 0 saturated carbocycles. The van der Waals surface area contributed by atoms with Crippen LogP contribution in [0.25, 0.3) is 0 Å². The van der Waals surface area contributed by atoms with E-state index in [9.17, 15) is 5.11 Å². The van der Waals surface area contributed by atoms with Gasteiger partial charge in [-0.15, -0.1) is 11.6 Å². The van der Waals surface area contributed by atoms with Crippen LogP contribution in [0.1, 0.15) is 31.2 Å². The largest absolute Gasteiger partial charge is 0.508 e. The van der Waals surface area contributed by atoms with Crippen LogP contribution in [0.2, 0.25) is 0 Å². The average Bonchev–Trinajstić information content (AvgIpc) is 2.28. The molecule has 3 heteroatoms. The summed E-state index contributed by atoms with van der Waals surface area (Å²) in [6.07, 6.45) is 4.76. The third-order valence-electron chi connectivity index (χ3n) is 2.48. The van der Waals surface area contributed by atoms with Gasteiger partial charge in [0.2, 0.25) is 0 Å². The van der Waals surface area contributed by atoms with Crippen LogP contribution in [0.3, 0.4) is 0 Å². The van der Waals surface area contributed by atoms with Crippen molar-refractivity contribution in [2.75, 3.05) is 12.4 Å². The van der Waals surface area contributed by atoms with Crippen molar-refractivity contribution >= 4 is 11.6 Å². The first-order valence-corrected chi connectivity index (χ1v) is 6.41. The van der Waals surface area contributed by atoms with Gasteiger partial charge in [-0.1, -0.05) is 25.0 Å². The Morgan fingerprint density at radius 2 is 1.94 bits per heavy atom. The van der Waals surface area contributed by atoms with Crippen LogP contribution >= 0.6 is 11.6 Å². The number of aromatic hydroxyl groups is 1. The summed E-state index contributed by atoms with van der Waals surface area (Å²) in [5.41, 5.74) is 1.13. The molecule has 1 rings (SSSR count). The van der Waals surface area contributed by atoms with Crippen LogP contribution in [0, 0.1) is 0 Å². The maximum atomic E-state index is 9.27. The first kappa shape index (κ1) is 13.3. The lowest BCUT2D eigenvalue weighted by Gasteiger charge is -2.05. The van der Waals surface area contributed by atoms with Crippen LogP contribution in [-0.4, -0.2) is 17.5 Å². The number of alkyl halides is 1. The molecule has 16 heavy (non-hydrogen) atoms. The molecule has 0 spiro atoms. The van der Waals surface area contributed by atoms with Gasteiger partial charge in [0.15, 0.2) is 0 Å². The van der Waals surface area contributed by atoms with Crippen LogP contribution in [-0.2, 0) is 6.54 Å². The summed E-state index contributed by atoms with van der Waals surface area (Å²) in [7, 11) is 0. The molecule has 2 N–H and O–H groups in total. The monoisotopic (exact) mass is 241 g/mol. The molecular formula is C13H20ClNO. The van der Waals surface area contributed by atoms with Crippen LogP contribution in [0.5, 0.6) is 5.75 Å². The van der Waals surface area contributed by atoms with Gasteiger partial charge in [-0.25, -0.2) is 0 Å². The molecule has 1 aromatic rings. The Kier molecular flexibility index (Phi) is 7.02. The predicted octanol–water partition coefficient (Wildman–Crippen LogP) is 3.28. The zero-order chi connectivity index (χ0) is 11.6. The number of rotatable bonds is 8. The number of nitrogens with one attached hydrogen (secondary N) is 1. The molecular weight excluding hydrogens is 222 g/mol. The Bertz CT molecular complexity index is 291. The van der Waals surface area contributed by atoms with Gasteiger partial charge < -0.3 is 10.4 Å². The number of benzene rings is 1. The van der Waals surface area contributed by atoms with Gasteiger partial charge in [0, 0.05) is 12.4 Å². The summed E-state index contributed by atoms with van der Waals surface area (Å²) in [4.78, 5) is 0. The topological polar surface area (TPSA) is 32.3 Å². The van der Waals surface area contributed by atoms with Crippen molar-refractivity contribution in [3.8, 4) is 5.75 Å². The second-order valence-electron chi connectivity index (χ2n) is 3.95. The molecule has 2 nitrogen and oxygen atoms in total. The second kappa shape index (κ2) is 8.43. The lowest BCUT2D eigenvalue weighted by molar-refractivity contribution is 0.474. The van der Waals surface area contributed by atoms with E-state index >= 15 is 0 Å². The molecule has 0 amide bonds. The summed E-state index contributed by atoms with van der Waals surface area (Å²) in [5, 5.41) is 12.6. The normalized spacial score (nSPS) is 10.6. The molecule has 0 aliphatic rings. The molecule has 1 aromatic carbocycles. The Morgan fingerprint density at radius 1 is 1.12 bits per heavy atom. The first-order valence-electron chi connectivity index (χ1n) is 5.87. The smallest absolute Gasteiger partial charge is 0.115 e. The zero-order valence-corrected chi connectivity index (χ0v) is 10.3. The van der Waals surface area contributed by atoms with Gasteiger partial charge in [0.25, 0.3) is 0 Å². The van der Waals surface area contributed by atoms with Crippen molar-refractivity contribution in [2.24, 2.45) is 0 Å². The quantitative estimate of drug-likeness (QED) is 0.541. The maximum absolute atomic E-state index is 9.27. The Morgan fingerprint density at radius 3 is 2.69 bits per heavy atom. The lowest BCUT2D eigenvalue weighted by Crippen LogP contribution is -2.14. The van der Waals surface area contributed by atoms with Gasteiger partial charge in [-0.2, -0.15) is 0 Å². The van der Waals surface area contributed by atoms with Crippen molar-refractivity contribution in [2.45, 2.75) is 32.2 Å². The molecule has 90 valence electrons. The summed E-state index contributed by atoms with van der Waals surface area (Å²) in [6.45, 7) is 1.85. The highest BCUT2D eigenvalue weighted by atomic mass is 35.5. The minimum absolute atomic E-state index is 0.335. The van der Waals surface area contributed by atoms with E-state index in [0.29, 0.717) is 5.75 Å². The summed E-state index contributed by atoms with van der Waals surface area (Å²) in [6, 6.07) is 7.36. The minimum Gasteiger partial charge on any atom is -0.508 e. The number of unbranched alkanes of at least 4 members (excludes halogenated alkanes) is 3. The highest BCUT2D eigenvalue weighted by Gasteiger charge is 1.94. The fourth-order valence-electron chi connectivity index (χ4n) is 1.60. The summed E-state index contributed by atoms with van der Waals surface area (Å²) < 4.78 is 0. The fourth-order valence-corrected chi connectivity index (χ4v) is 1.79. The standard InChI is InChI=1S/C13H20ClNO/c14-8-3-1-2-4-9-15-11-12-6-5-7-13(16)10-12/h5-7,10,15-16H,1-4,8-9,11H2. The first-order chi connectivity index (χ1) is 7.83. The van der Waals surface area contributed by atoms with Crippen molar-refractivity contribution < 1.29 is 5.11 Å². The van der Waals surface area contributed by atoms with Gasteiger partial charge in [0.05, 0.1) is 0 Å². The molecule has 0 saturated heterocycles. The predicted molar refractivity (Wildman–Crippen MR) is 69.0 cm³/mol. The van der Waals surface area contributed by atoms with Crippen LogP contribution in [0.4, 0.5) is 0 Å². The molecule has 0 bridgehead atoms. The molecule has 0 aliphatic heterocycles. The van der Waals surface area contributed by atoms with E-state index in [4.69, 9.17) is 11.6 Å². The number of hydrogen-bond donors (Lipinski definition) is 2. The Hall–Kier alpha value is -0.730. The molecule has 0 radical (unpaired) electrons. The summed E-state index contributed by atoms with van der Waals surface area (Å²) in [5.74, 6) is 1.11. The van der Waals surface area contributed by atoms with E-state index in [1.54, 1.807) is 12.1 Å². The van der Waals surface area contributed by atoms with Gasteiger partial charge in [-0.3, -0.25) is 0 Å². The van der Waals surface area contributed by atoms with Crippen molar-refractivity contribution in [1.82, 2.24) is 5.32 Å². The van der Waals surface area contributed by atoms with Crippen molar-refractivity contribution in [1.29, 1.82) is 0 Å². The van der Waals surface area contributed by atoms with Crippen LogP contribution in [0.15, 0.2) is 24.3 Å². The Labute approximate surface area is 103 Å². The molecule has 0 aliphatic carbocycles. The molecule has 0 heterocycles. The molecule has 0 unspecified atom stereocenters. The third-order valence-corrected chi connectivity index (χ3v) is 2.74. The van der Waals surface area contributed by atoms with Crippen LogP contribution < -0.4 is 5.32 Å². The van der Waals surface area contributed by atoms with Crippen molar-refractivity contribution in [3.63, 3.8) is 0 Å². The highest BCUT2D eigenvalue weighted by molar-refractivity contribution is 6.17. The van der Waals surface area contributed by atoms with E-state index in [0.717, 1.165) is 31.0 Å². The lowest BCUT2D eigenvalue weighted by atomic mass is 10.2.